The van der Waals surface area contributed by atoms with E-state index in [1.165, 1.54) is 0 Å². The molecule has 3 aromatic rings. The van der Waals surface area contributed by atoms with Crippen LogP contribution in [0.4, 0.5) is 5.69 Å². The number of hydrogen-bond acceptors (Lipinski definition) is 6. The van der Waals surface area contributed by atoms with Crippen molar-refractivity contribution in [3.8, 4) is 0 Å². The summed E-state index contributed by atoms with van der Waals surface area (Å²) in [5.74, 6) is -0.180. The van der Waals surface area contributed by atoms with Gasteiger partial charge in [0.25, 0.3) is 11.5 Å². The zero-order valence-electron chi connectivity index (χ0n) is 18.4. The molecule has 31 heavy (non-hydrogen) atoms. The zero-order chi connectivity index (χ0) is 22.1. The first-order valence-electron chi connectivity index (χ1n) is 10.5. The van der Waals surface area contributed by atoms with Crippen LogP contribution < -0.4 is 15.8 Å². The molecule has 1 amide bonds. The third-order valence-electron chi connectivity index (χ3n) is 6.11. The molecule has 0 radical (unpaired) electrons. The van der Waals surface area contributed by atoms with Gasteiger partial charge in [0.1, 0.15) is 5.69 Å². The highest BCUT2D eigenvalue weighted by Crippen LogP contribution is 2.22. The standard InChI is InChI=1S/C23H28N6O2/c1-14-12-28(7-8-29(14)18-5-6-19(25-11-18)23(31)24-4)13-17-9-20-21(26-10-17)15(2)16(3)22(30)27-20/h5-6,9-11,14H,7-8,12-13H2,1-4H3,(H,24,31)(H,27,30). The van der Waals surface area contributed by atoms with Crippen LogP contribution in [0.15, 0.2) is 35.4 Å². The number of aromatic amines is 1. The number of hydrogen-bond donors (Lipinski definition) is 2. The molecule has 0 aliphatic carbocycles. The van der Waals surface area contributed by atoms with E-state index in [1.807, 2.05) is 32.2 Å². The van der Waals surface area contributed by atoms with Gasteiger partial charge < -0.3 is 15.2 Å². The summed E-state index contributed by atoms with van der Waals surface area (Å²) in [6.45, 7) is 9.42. The van der Waals surface area contributed by atoms with E-state index in [4.69, 9.17) is 0 Å². The van der Waals surface area contributed by atoms with E-state index in [0.717, 1.165) is 59.6 Å². The summed E-state index contributed by atoms with van der Waals surface area (Å²) in [6.07, 6.45) is 3.68. The van der Waals surface area contributed by atoms with Crippen LogP contribution >= 0.6 is 0 Å². The van der Waals surface area contributed by atoms with Crippen molar-refractivity contribution >= 4 is 22.6 Å². The van der Waals surface area contributed by atoms with E-state index in [2.05, 4.69) is 37.0 Å². The first kappa shape index (κ1) is 21.0. The Morgan fingerprint density at radius 1 is 1.19 bits per heavy atom. The number of carbonyl (C=O) groups is 1. The molecule has 1 unspecified atom stereocenters. The Morgan fingerprint density at radius 2 is 2.00 bits per heavy atom. The number of aryl methyl sites for hydroxylation is 1. The number of carbonyl (C=O) groups excluding carboxylic acids is 1. The lowest BCUT2D eigenvalue weighted by Gasteiger charge is -2.41. The Kier molecular flexibility index (Phi) is 5.73. The normalized spacial score (nSPS) is 17.2. The van der Waals surface area contributed by atoms with Gasteiger partial charge in [-0.15, -0.1) is 0 Å². The second kappa shape index (κ2) is 8.47. The van der Waals surface area contributed by atoms with Crippen LogP contribution in [-0.2, 0) is 6.54 Å². The summed E-state index contributed by atoms with van der Waals surface area (Å²) < 4.78 is 0. The molecular weight excluding hydrogens is 392 g/mol. The van der Waals surface area contributed by atoms with Gasteiger partial charge in [-0.25, -0.2) is 4.98 Å². The molecule has 1 aliphatic heterocycles. The maximum atomic E-state index is 12.1. The van der Waals surface area contributed by atoms with Crippen LogP contribution in [0, 0.1) is 13.8 Å². The number of anilines is 1. The highest BCUT2D eigenvalue weighted by Gasteiger charge is 2.24. The SMILES string of the molecule is CNC(=O)c1ccc(N2CCN(Cc3cnc4c(C)c(C)c(=O)[nH]c4c3)CC2C)cn1. The van der Waals surface area contributed by atoms with E-state index >= 15 is 0 Å². The Hall–Kier alpha value is -3.26. The molecule has 2 N–H and O–H groups in total. The number of nitrogens with zero attached hydrogens (tertiary/aromatic N) is 4. The Morgan fingerprint density at radius 3 is 2.68 bits per heavy atom. The summed E-state index contributed by atoms with van der Waals surface area (Å²) in [5.41, 5.74) is 5.77. The van der Waals surface area contributed by atoms with Gasteiger partial charge in [-0.3, -0.25) is 19.5 Å². The highest BCUT2D eigenvalue weighted by molar-refractivity contribution is 5.92. The van der Waals surface area contributed by atoms with Crippen molar-refractivity contribution in [1.82, 2.24) is 25.2 Å². The molecule has 3 aromatic heterocycles. The topological polar surface area (TPSA) is 94.2 Å². The van der Waals surface area contributed by atoms with Crippen LogP contribution in [0.1, 0.15) is 34.1 Å². The summed E-state index contributed by atoms with van der Waals surface area (Å²) in [5, 5.41) is 2.59. The lowest BCUT2D eigenvalue weighted by Crippen LogP contribution is -2.51. The Balaban J connectivity index is 1.45. The number of nitrogens with one attached hydrogen (secondary N) is 2. The number of pyridine rings is 3. The van der Waals surface area contributed by atoms with E-state index in [-0.39, 0.29) is 11.5 Å². The number of aromatic nitrogens is 3. The average molecular weight is 421 g/mol. The van der Waals surface area contributed by atoms with Crippen LogP contribution in [0.3, 0.4) is 0 Å². The summed E-state index contributed by atoms with van der Waals surface area (Å²) in [4.78, 5) is 40.4. The number of rotatable bonds is 4. The van der Waals surface area contributed by atoms with Crippen LogP contribution in [0.25, 0.3) is 11.0 Å². The molecule has 1 aliphatic rings. The quantitative estimate of drug-likeness (QED) is 0.671. The van der Waals surface area contributed by atoms with Crippen LogP contribution in [0.2, 0.25) is 0 Å². The third-order valence-corrected chi connectivity index (χ3v) is 6.11. The van der Waals surface area contributed by atoms with Crippen LogP contribution in [0.5, 0.6) is 0 Å². The van der Waals surface area contributed by atoms with E-state index in [1.54, 1.807) is 19.3 Å². The fourth-order valence-electron chi connectivity index (χ4n) is 4.19. The highest BCUT2D eigenvalue weighted by atomic mass is 16.1. The molecule has 162 valence electrons. The minimum absolute atomic E-state index is 0.0535. The second-order valence-corrected chi connectivity index (χ2v) is 8.20. The first-order chi connectivity index (χ1) is 14.9. The van der Waals surface area contributed by atoms with Gasteiger partial charge in [0.15, 0.2) is 0 Å². The monoisotopic (exact) mass is 420 g/mol. The van der Waals surface area contributed by atoms with Gasteiger partial charge in [0, 0.05) is 51.0 Å². The van der Waals surface area contributed by atoms with Crippen molar-refractivity contribution in [2.45, 2.75) is 33.4 Å². The fraction of sp³-hybridized carbons (Fsp3) is 0.391. The molecular formula is C23H28N6O2. The van der Waals surface area contributed by atoms with Crippen LogP contribution in [-0.4, -0.2) is 58.5 Å². The van der Waals surface area contributed by atoms with Crippen molar-refractivity contribution in [2.75, 3.05) is 31.6 Å². The number of piperazine rings is 1. The van der Waals surface area contributed by atoms with Crippen molar-refractivity contribution in [3.63, 3.8) is 0 Å². The molecule has 4 rings (SSSR count). The van der Waals surface area contributed by atoms with Gasteiger partial charge in [-0.2, -0.15) is 0 Å². The predicted octanol–water partition coefficient (Wildman–Crippen LogP) is 2.01. The van der Waals surface area contributed by atoms with Gasteiger partial charge in [-0.1, -0.05) is 0 Å². The minimum atomic E-state index is -0.180. The van der Waals surface area contributed by atoms with E-state index in [9.17, 15) is 9.59 Å². The summed E-state index contributed by atoms with van der Waals surface area (Å²) in [7, 11) is 1.60. The number of amides is 1. The molecule has 0 aromatic carbocycles. The van der Waals surface area contributed by atoms with Crippen molar-refractivity contribution in [3.05, 3.63) is 63.3 Å². The molecule has 1 fully saturated rings. The first-order valence-corrected chi connectivity index (χ1v) is 10.5. The number of H-pyrrole nitrogens is 1. The second-order valence-electron chi connectivity index (χ2n) is 8.20. The van der Waals surface area contributed by atoms with E-state index in [0.29, 0.717) is 11.7 Å². The molecule has 1 saturated heterocycles. The molecule has 0 saturated carbocycles. The molecule has 0 spiro atoms. The lowest BCUT2D eigenvalue weighted by atomic mass is 10.1. The van der Waals surface area contributed by atoms with Gasteiger partial charge in [-0.05, 0) is 50.1 Å². The zero-order valence-corrected chi connectivity index (χ0v) is 18.4. The molecule has 0 bridgehead atoms. The third kappa shape index (κ3) is 4.16. The Labute approximate surface area is 181 Å². The maximum Gasteiger partial charge on any atom is 0.269 e. The van der Waals surface area contributed by atoms with Crippen molar-refractivity contribution in [2.24, 2.45) is 0 Å². The average Bonchev–Trinajstić information content (AvgIpc) is 2.77. The fourth-order valence-corrected chi connectivity index (χ4v) is 4.19. The maximum absolute atomic E-state index is 12.1. The number of fused-ring (bicyclic) bond motifs is 1. The predicted molar refractivity (Wildman–Crippen MR) is 122 cm³/mol. The molecule has 4 heterocycles. The van der Waals surface area contributed by atoms with Crippen molar-refractivity contribution < 1.29 is 4.79 Å². The van der Waals surface area contributed by atoms with Gasteiger partial charge in [0.2, 0.25) is 0 Å². The minimum Gasteiger partial charge on any atom is -0.365 e. The smallest absolute Gasteiger partial charge is 0.269 e. The van der Waals surface area contributed by atoms with E-state index < -0.39 is 0 Å². The molecule has 1 atom stereocenters. The summed E-state index contributed by atoms with van der Waals surface area (Å²) in [6, 6.07) is 6.06. The summed E-state index contributed by atoms with van der Waals surface area (Å²) >= 11 is 0. The van der Waals surface area contributed by atoms with Gasteiger partial charge >= 0.3 is 0 Å². The van der Waals surface area contributed by atoms with Gasteiger partial charge in [0.05, 0.1) is 22.9 Å². The largest absolute Gasteiger partial charge is 0.365 e. The Bertz CT molecular complexity index is 1170. The van der Waals surface area contributed by atoms with Crippen molar-refractivity contribution in [1.29, 1.82) is 0 Å². The molecule has 8 heteroatoms. The lowest BCUT2D eigenvalue weighted by molar-refractivity contribution is 0.0958. The molecule has 8 nitrogen and oxygen atoms in total.